The molecule has 0 amide bonds. The first-order valence-corrected chi connectivity index (χ1v) is 8.13. The molecule has 1 N–H and O–H groups in total. The maximum absolute atomic E-state index is 12.7. The molecule has 1 saturated heterocycles. The number of nitrogens with zero attached hydrogens (tertiary/aromatic N) is 1. The highest BCUT2D eigenvalue weighted by atomic mass is 35.5. The number of benzene rings is 1. The molecule has 1 fully saturated rings. The lowest BCUT2D eigenvalue weighted by molar-refractivity contribution is -0.138. The topological polar surface area (TPSA) is 24.5 Å². The fraction of sp³-hybridized carbons (Fsp3) is 0.647. The predicted octanol–water partition coefficient (Wildman–Crippen LogP) is 4.18. The second-order valence-electron chi connectivity index (χ2n) is 6.19. The number of nitrogens with one attached hydrogen (secondary N) is 1. The fourth-order valence-electron chi connectivity index (χ4n) is 2.89. The lowest BCUT2D eigenvalue weighted by Gasteiger charge is -2.35. The van der Waals surface area contributed by atoms with E-state index in [9.17, 15) is 13.2 Å². The van der Waals surface area contributed by atoms with Crippen LogP contribution >= 0.6 is 12.4 Å². The predicted molar refractivity (Wildman–Crippen MR) is 91.9 cm³/mol. The van der Waals surface area contributed by atoms with E-state index < -0.39 is 12.6 Å². The van der Waals surface area contributed by atoms with Crippen molar-refractivity contribution in [3.63, 3.8) is 0 Å². The minimum Gasteiger partial charge on any atom is -0.491 e. The summed E-state index contributed by atoms with van der Waals surface area (Å²) in [7, 11) is 0. The molecular formula is C17H26ClF3N2O. The summed E-state index contributed by atoms with van der Waals surface area (Å²) >= 11 is 0. The van der Waals surface area contributed by atoms with Gasteiger partial charge in [0.2, 0.25) is 0 Å². The van der Waals surface area contributed by atoms with Gasteiger partial charge in [-0.3, -0.25) is 4.90 Å². The molecule has 1 aliphatic heterocycles. The molecular weight excluding hydrogens is 341 g/mol. The van der Waals surface area contributed by atoms with Crippen LogP contribution in [0.3, 0.4) is 0 Å². The molecule has 3 nitrogen and oxygen atoms in total. The zero-order valence-corrected chi connectivity index (χ0v) is 14.9. The van der Waals surface area contributed by atoms with Crippen LogP contribution in [0.2, 0.25) is 0 Å². The standard InChI is InChI=1S/C17H25F3N2O.ClH/c1-13(2)23-15-5-3-14(4-6-15)16(7-8-17(18,19)20)22-11-9-21-10-12-22;/h3-6,13,16,21H,7-12H2,1-2H3;1H/t16-;/m0./s1. The normalized spacial score (nSPS) is 17.4. The van der Waals surface area contributed by atoms with Crippen molar-refractivity contribution in [3.8, 4) is 5.75 Å². The molecule has 1 aliphatic rings. The Morgan fingerprint density at radius 2 is 1.71 bits per heavy atom. The molecule has 138 valence electrons. The molecule has 0 radical (unpaired) electrons. The Bertz CT molecular complexity index is 474. The van der Waals surface area contributed by atoms with Gasteiger partial charge in [0.05, 0.1) is 6.10 Å². The molecule has 0 spiro atoms. The average Bonchev–Trinajstić information content (AvgIpc) is 2.48. The first-order chi connectivity index (χ1) is 10.8. The molecule has 1 heterocycles. The molecule has 2 rings (SSSR count). The quantitative estimate of drug-likeness (QED) is 0.817. The third kappa shape index (κ3) is 6.87. The lowest BCUT2D eigenvalue weighted by Crippen LogP contribution is -2.45. The van der Waals surface area contributed by atoms with Crippen LogP contribution in [-0.4, -0.2) is 43.4 Å². The summed E-state index contributed by atoms with van der Waals surface area (Å²) in [6.07, 6.45) is -4.71. The van der Waals surface area contributed by atoms with Gasteiger partial charge in [-0.05, 0) is 38.0 Å². The Morgan fingerprint density at radius 1 is 1.12 bits per heavy atom. The number of hydrogen-bond donors (Lipinski definition) is 1. The number of hydrogen-bond acceptors (Lipinski definition) is 3. The molecule has 1 aromatic carbocycles. The summed E-state index contributed by atoms with van der Waals surface area (Å²) in [5.41, 5.74) is 0.923. The van der Waals surface area contributed by atoms with E-state index in [0.29, 0.717) is 0 Å². The van der Waals surface area contributed by atoms with Crippen molar-refractivity contribution in [1.82, 2.24) is 10.2 Å². The summed E-state index contributed by atoms with van der Waals surface area (Å²) in [5.74, 6) is 0.749. The van der Waals surface area contributed by atoms with Crippen LogP contribution in [0.1, 0.15) is 38.3 Å². The first kappa shape index (κ1) is 21.1. The van der Waals surface area contributed by atoms with Gasteiger partial charge in [-0.15, -0.1) is 12.4 Å². The maximum Gasteiger partial charge on any atom is 0.389 e. The summed E-state index contributed by atoms with van der Waals surface area (Å²) in [6, 6.07) is 7.27. The van der Waals surface area contributed by atoms with E-state index in [1.54, 1.807) is 0 Å². The number of halogens is 4. The van der Waals surface area contributed by atoms with Crippen molar-refractivity contribution in [3.05, 3.63) is 29.8 Å². The second kappa shape index (κ2) is 9.49. The van der Waals surface area contributed by atoms with Gasteiger partial charge in [-0.1, -0.05) is 12.1 Å². The second-order valence-corrected chi connectivity index (χ2v) is 6.19. The third-order valence-corrected chi connectivity index (χ3v) is 3.93. The third-order valence-electron chi connectivity index (χ3n) is 3.93. The van der Waals surface area contributed by atoms with Gasteiger partial charge in [-0.25, -0.2) is 0 Å². The van der Waals surface area contributed by atoms with Crippen LogP contribution in [0.15, 0.2) is 24.3 Å². The van der Waals surface area contributed by atoms with Crippen molar-refractivity contribution in [1.29, 1.82) is 0 Å². The largest absolute Gasteiger partial charge is 0.491 e. The number of piperazine rings is 1. The van der Waals surface area contributed by atoms with Gasteiger partial charge in [0.25, 0.3) is 0 Å². The Hall–Kier alpha value is -0.980. The van der Waals surface area contributed by atoms with Crippen LogP contribution in [0.5, 0.6) is 5.75 Å². The van der Waals surface area contributed by atoms with Crippen molar-refractivity contribution >= 4 is 12.4 Å². The molecule has 1 aromatic rings. The molecule has 0 aliphatic carbocycles. The Balaban J connectivity index is 0.00000288. The summed E-state index contributed by atoms with van der Waals surface area (Å²) < 4.78 is 43.6. The van der Waals surface area contributed by atoms with Gasteiger partial charge in [0.1, 0.15) is 5.75 Å². The van der Waals surface area contributed by atoms with Crippen LogP contribution in [0.25, 0.3) is 0 Å². The van der Waals surface area contributed by atoms with Crippen molar-refractivity contribution < 1.29 is 17.9 Å². The molecule has 0 aromatic heterocycles. The summed E-state index contributed by atoms with van der Waals surface area (Å²) in [6.45, 7) is 7.06. The van der Waals surface area contributed by atoms with E-state index in [1.165, 1.54) is 0 Å². The van der Waals surface area contributed by atoms with E-state index >= 15 is 0 Å². The number of rotatable bonds is 6. The molecule has 1 atom stereocenters. The van der Waals surface area contributed by atoms with E-state index in [4.69, 9.17) is 4.74 Å². The van der Waals surface area contributed by atoms with Crippen LogP contribution in [-0.2, 0) is 0 Å². The van der Waals surface area contributed by atoms with Crippen molar-refractivity contribution in [2.75, 3.05) is 26.2 Å². The van der Waals surface area contributed by atoms with Gasteiger partial charge in [0, 0.05) is 38.6 Å². The van der Waals surface area contributed by atoms with E-state index in [0.717, 1.165) is 37.5 Å². The molecule has 0 bridgehead atoms. The monoisotopic (exact) mass is 366 g/mol. The van der Waals surface area contributed by atoms with Crippen LogP contribution in [0, 0.1) is 0 Å². The summed E-state index contributed by atoms with van der Waals surface area (Å²) in [4.78, 5) is 2.14. The fourth-order valence-corrected chi connectivity index (χ4v) is 2.89. The Morgan fingerprint density at radius 3 is 2.21 bits per heavy atom. The highest BCUT2D eigenvalue weighted by Gasteiger charge is 2.31. The minimum absolute atomic E-state index is 0. The number of ether oxygens (including phenoxy) is 1. The highest BCUT2D eigenvalue weighted by molar-refractivity contribution is 5.85. The molecule has 0 saturated carbocycles. The van der Waals surface area contributed by atoms with Crippen molar-refractivity contribution in [2.24, 2.45) is 0 Å². The molecule has 24 heavy (non-hydrogen) atoms. The van der Waals surface area contributed by atoms with E-state index in [1.807, 2.05) is 38.1 Å². The smallest absolute Gasteiger partial charge is 0.389 e. The zero-order valence-electron chi connectivity index (χ0n) is 14.1. The molecule has 0 unspecified atom stereocenters. The number of alkyl halides is 3. The van der Waals surface area contributed by atoms with E-state index in [2.05, 4.69) is 10.2 Å². The lowest BCUT2D eigenvalue weighted by atomic mass is 9.99. The highest BCUT2D eigenvalue weighted by Crippen LogP contribution is 2.32. The van der Waals surface area contributed by atoms with Crippen LogP contribution in [0.4, 0.5) is 13.2 Å². The average molecular weight is 367 g/mol. The SMILES string of the molecule is CC(C)Oc1ccc([C@H](CCC(F)(F)F)N2CCNCC2)cc1.Cl. The van der Waals surface area contributed by atoms with Gasteiger partial charge in [-0.2, -0.15) is 13.2 Å². The van der Waals surface area contributed by atoms with Crippen LogP contribution < -0.4 is 10.1 Å². The van der Waals surface area contributed by atoms with Gasteiger partial charge >= 0.3 is 6.18 Å². The Kier molecular flexibility index (Phi) is 8.33. The summed E-state index contributed by atoms with van der Waals surface area (Å²) in [5, 5.41) is 3.24. The van der Waals surface area contributed by atoms with Gasteiger partial charge in [0.15, 0.2) is 0 Å². The van der Waals surface area contributed by atoms with E-state index in [-0.39, 0.29) is 31.0 Å². The first-order valence-electron chi connectivity index (χ1n) is 8.13. The zero-order chi connectivity index (χ0) is 16.9. The minimum atomic E-state index is -4.12. The van der Waals surface area contributed by atoms with Crippen molar-refractivity contribution in [2.45, 2.75) is 45.0 Å². The maximum atomic E-state index is 12.7. The Labute approximate surface area is 148 Å². The molecule has 7 heteroatoms. The van der Waals surface area contributed by atoms with Gasteiger partial charge < -0.3 is 10.1 Å².